The van der Waals surface area contributed by atoms with E-state index in [9.17, 15) is 13.2 Å². The predicted molar refractivity (Wildman–Crippen MR) is 71.2 cm³/mol. The second kappa shape index (κ2) is 5.35. The van der Waals surface area contributed by atoms with Crippen LogP contribution in [0.3, 0.4) is 0 Å². The molecular formula is C14H11BrF3N. The molecule has 0 saturated heterocycles. The van der Waals surface area contributed by atoms with Gasteiger partial charge in [-0.1, -0.05) is 28.1 Å². The van der Waals surface area contributed by atoms with Crippen LogP contribution in [0.1, 0.15) is 22.7 Å². The molecule has 0 saturated carbocycles. The molecule has 1 nitrogen and oxygen atoms in total. The number of halogens is 4. The second-order valence-electron chi connectivity index (χ2n) is 4.24. The minimum Gasteiger partial charge on any atom is -0.320 e. The Bertz CT molecular complexity index is 628. The zero-order valence-electron chi connectivity index (χ0n) is 10.1. The third-order valence-corrected chi connectivity index (χ3v) is 3.47. The number of rotatable bonds is 2. The first kappa shape index (κ1) is 14.1. The number of nitrogens with two attached hydrogens (primary N) is 1. The monoisotopic (exact) mass is 329 g/mol. The molecule has 100 valence electrons. The van der Waals surface area contributed by atoms with Crippen LogP contribution in [0, 0.1) is 24.4 Å². The normalized spacial score (nSPS) is 12.5. The fourth-order valence-electron chi connectivity index (χ4n) is 1.89. The van der Waals surface area contributed by atoms with Gasteiger partial charge in [0.15, 0.2) is 17.5 Å². The van der Waals surface area contributed by atoms with E-state index >= 15 is 0 Å². The number of hydrogen-bond acceptors (Lipinski definition) is 1. The first-order valence-electron chi connectivity index (χ1n) is 5.57. The van der Waals surface area contributed by atoms with Gasteiger partial charge in [0.25, 0.3) is 0 Å². The molecule has 5 heteroatoms. The Morgan fingerprint density at radius 2 is 1.68 bits per heavy atom. The van der Waals surface area contributed by atoms with E-state index in [1.54, 1.807) is 6.07 Å². The van der Waals surface area contributed by atoms with E-state index in [2.05, 4.69) is 15.9 Å². The Balaban J connectivity index is 2.53. The van der Waals surface area contributed by atoms with Crippen LogP contribution in [0.25, 0.3) is 0 Å². The lowest BCUT2D eigenvalue weighted by atomic mass is 9.95. The SMILES string of the molecule is Cc1ccc(Br)cc1C(N)c1ccc(F)c(F)c1F. The van der Waals surface area contributed by atoms with Crippen LogP contribution >= 0.6 is 15.9 Å². The molecule has 1 unspecified atom stereocenters. The number of aryl methyl sites for hydroxylation is 1. The second-order valence-corrected chi connectivity index (χ2v) is 5.16. The maximum Gasteiger partial charge on any atom is 0.194 e. The van der Waals surface area contributed by atoms with Crippen LogP contribution in [-0.4, -0.2) is 0 Å². The average molecular weight is 330 g/mol. The van der Waals surface area contributed by atoms with Crippen LogP contribution in [-0.2, 0) is 0 Å². The van der Waals surface area contributed by atoms with E-state index in [4.69, 9.17) is 5.73 Å². The van der Waals surface area contributed by atoms with Gasteiger partial charge in [-0.15, -0.1) is 0 Å². The third-order valence-electron chi connectivity index (χ3n) is 2.98. The van der Waals surface area contributed by atoms with Crippen molar-refractivity contribution in [2.45, 2.75) is 13.0 Å². The van der Waals surface area contributed by atoms with E-state index in [1.807, 2.05) is 19.1 Å². The Labute approximate surface area is 117 Å². The lowest BCUT2D eigenvalue weighted by Crippen LogP contribution is -2.16. The third kappa shape index (κ3) is 2.67. The summed E-state index contributed by atoms with van der Waals surface area (Å²) in [6.45, 7) is 1.82. The highest BCUT2D eigenvalue weighted by Gasteiger charge is 2.20. The van der Waals surface area contributed by atoms with E-state index in [0.717, 1.165) is 16.1 Å². The smallest absolute Gasteiger partial charge is 0.194 e. The summed E-state index contributed by atoms with van der Waals surface area (Å²) in [4.78, 5) is 0. The van der Waals surface area contributed by atoms with Crippen molar-refractivity contribution in [3.8, 4) is 0 Å². The van der Waals surface area contributed by atoms with Crippen molar-refractivity contribution in [2.24, 2.45) is 5.73 Å². The summed E-state index contributed by atoms with van der Waals surface area (Å²) in [5.41, 5.74) is 7.39. The van der Waals surface area contributed by atoms with Gasteiger partial charge in [-0.05, 0) is 36.2 Å². The summed E-state index contributed by atoms with van der Waals surface area (Å²) < 4.78 is 40.6. The van der Waals surface area contributed by atoms with E-state index in [-0.39, 0.29) is 5.56 Å². The molecule has 0 aliphatic heterocycles. The fourth-order valence-corrected chi connectivity index (χ4v) is 2.27. The molecule has 2 aromatic carbocycles. The lowest BCUT2D eigenvalue weighted by molar-refractivity contribution is 0.438. The predicted octanol–water partition coefficient (Wildman–Crippen LogP) is 4.22. The van der Waals surface area contributed by atoms with Gasteiger partial charge in [0.1, 0.15) is 0 Å². The molecule has 1 atom stereocenters. The van der Waals surface area contributed by atoms with Gasteiger partial charge >= 0.3 is 0 Å². The molecular weight excluding hydrogens is 319 g/mol. The van der Waals surface area contributed by atoms with Crippen LogP contribution < -0.4 is 5.73 Å². The van der Waals surface area contributed by atoms with Gasteiger partial charge in [0.2, 0.25) is 0 Å². The largest absolute Gasteiger partial charge is 0.320 e. The Kier molecular flexibility index (Phi) is 3.96. The van der Waals surface area contributed by atoms with Crippen molar-refractivity contribution < 1.29 is 13.2 Å². The van der Waals surface area contributed by atoms with Gasteiger partial charge in [-0.25, -0.2) is 13.2 Å². The van der Waals surface area contributed by atoms with Crippen LogP contribution in [0.4, 0.5) is 13.2 Å². The molecule has 0 aliphatic carbocycles. The number of hydrogen-bond donors (Lipinski definition) is 1. The van der Waals surface area contributed by atoms with Crippen molar-refractivity contribution in [3.63, 3.8) is 0 Å². The fraction of sp³-hybridized carbons (Fsp3) is 0.143. The molecule has 0 heterocycles. The Morgan fingerprint density at radius 3 is 2.37 bits per heavy atom. The molecule has 0 fully saturated rings. The van der Waals surface area contributed by atoms with Crippen molar-refractivity contribution in [3.05, 3.63) is 68.9 Å². The number of benzene rings is 2. The lowest BCUT2D eigenvalue weighted by Gasteiger charge is -2.16. The van der Waals surface area contributed by atoms with Gasteiger partial charge < -0.3 is 5.73 Å². The zero-order chi connectivity index (χ0) is 14.2. The van der Waals surface area contributed by atoms with Gasteiger partial charge in [-0.3, -0.25) is 0 Å². The maximum atomic E-state index is 13.7. The van der Waals surface area contributed by atoms with Crippen LogP contribution in [0.15, 0.2) is 34.8 Å². The van der Waals surface area contributed by atoms with Crippen molar-refractivity contribution in [2.75, 3.05) is 0 Å². The molecule has 2 rings (SSSR count). The Hall–Kier alpha value is -1.33. The topological polar surface area (TPSA) is 26.0 Å². The molecule has 0 aliphatic rings. The standard InChI is InChI=1S/C14H11BrF3N/c1-7-2-3-8(15)6-10(7)14(19)9-4-5-11(16)13(18)12(9)17/h2-6,14H,19H2,1H3. The minimum absolute atomic E-state index is 0.0694. The summed E-state index contributed by atoms with van der Waals surface area (Å²) in [7, 11) is 0. The van der Waals surface area contributed by atoms with E-state index in [0.29, 0.717) is 5.56 Å². The highest BCUT2D eigenvalue weighted by Crippen LogP contribution is 2.28. The molecule has 0 aromatic heterocycles. The highest BCUT2D eigenvalue weighted by molar-refractivity contribution is 9.10. The summed E-state index contributed by atoms with van der Waals surface area (Å²) in [6, 6.07) is 6.57. The van der Waals surface area contributed by atoms with Crippen molar-refractivity contribution in [1.82, 2.24) is 0 Å². The first-order chi connectivity index (χ1) is 8.91. The summed E-state index contributed by atoms with van der Waals surface area (Å²) in [6.07, 6.45) is 0. The van der Waals surface area contributed by atoms with Crippen LogP contribution in [0.5, 0.6) is 0 Å². The zero-order valence-corrected chi connectivity index (χ0v) is 11.6. The van der Waals surface area contributed by atoms with Gasteiger partial charge in [-0.2, -0.15) is 0 Å². The van der Waals surface area contributed by atoms with Crippen molar-refractivity contribution in [1.29, 1.82) is 0 Å². The first-order valence-corrected chi connectivity index (χ1v) is 6.36. The Morgan fingerprint density at radius 1 is 1.00 bits per heavy atom. The molecule has 0 spiro atoms. The van der Waals surface area contributed by atoms with Crippen LogP contribution in [0.2, 0.25) is 0 Å². The molecule has 19 heavy (non-hydrogen) atoms. The average Bonchev–Trinajstić information content (AvgIpc) is 2.38. The summed E-state index contributed by atoms with van der Waals surface area (Å²) in [5.74, 6) is -3.97. The summed E-state index contributed by atoms with van der Waals surface area (Å²) >= 11 is 3.30. The van der Waals surface area contributed by atoms with E-state index in [1.165, 1.54) is 6.07 Å². The van der Waals surface area contributed by atoms with Gasteiger partial charge in [0, 0.05) is 10.0 Å². The minimum atomic E-state index is -1.50. The molecule has 0 radical (unpaired) electrons. The quantitative estimate of drug-likeness (QED) is 0.820. The highest BCUT2D eigenvalue weighted by atomic mass is 79.9. The van der Waals surface area contributed by atoms with Gasteiger partial charge in [0.05, 0.1) is 6.04 Å². The van der Waals surface area contributed by atoms with E-state index < -0.39 is 23.5 Å². The molecule has 2 N–H and O–H groups in total. The van der Waals surface area contributed by atoms with Crippen molar-refractivity contribution >= 4 is 15.9 Å². The maximum absolute atomic E-state index is 13.7. The molecule has 0 amide bonds. The summed E-state index contributed by atoms with van der Waals surface area (Å²) in [5, 5.41) is 0. The molecule has 0 bridgehead atoms. The molecule has 2 aromatic rings.